The van der Waals surface area contributed by atoms with Crippen molar-refractivity contribution in [3.63, 3.8) is 0 Å². The second-order valence-electron chi connectivity index (χ2n) is 5.38. The van der Waals surface area contributed by atoms with Crippen molar-refractivity contribution in [2.75, 3.05) is 5.32 Å². The van der Waals surface area contributed by atoms with Crippen molar-refractivity contribution in [1.82, 2.24) is 4.98 Å². The zero-order chi connectivity index (χ0) is 18.1. The second-order valence-corrected chi connectivity index (χ2v) is 5.38. The highest BCUT2D eigenvalue weighted by Gasteiger charge is 2.23. The SMILES string of the molecule is Cc1[nH]c2ccccc2c1C(=O)C(=O)Nc1ccc(F)c([N+](=O)[O-])c1. The van der Waals surface area contributed by atoms with Crippen LogP contribution in [0.5, 0.6) is 0 Å². The number of rotatable bonds is 4. The number of Topliss-reactive ketones (excluding diaryl/α,β-unsaturated/α-hetero) is 1. The number of H-pyrrole nitrogens is 1. The maximum atomic E-state index is 13.3. The fourth-order valence-corrected chi connectivity index (χ4v) is 2.60. The third kappa shape index (κ3) is 2.97. The maximum absolute atomic E-state index is 13.3. The number of nitro benzene ring substituents is 1. The van der Waals surface area contributed by atoms with E-state index in [1.807, 2.05) is 0 Å². The Kier molecular flexibility index (Phi) is 4.02. The fraction of sp³-hybridized carbons (Fsp3) is 0.0588. The average Bonchev–Trinajstić information content (AvgIpc) is 2.91. The first-order valence-corrected chi connectivity index (χ1v) is 7.25. The Morgan fingerprint density at radius 1 is 1.20 bits per heavy atom. The molecule has 0 bridgehead atoms. The van der Waals surface area contributed by atoms with E-state index in [0.29, 0.717) is 16.6 Å². The Labute approximate surface area is 140 Å². The van der Waals surface area contributed by atoms with E-state index in [4.69, 9.17) is 0 Å². The quantitative estimate of drug-likeness (QED) is 0.328. The van der Waals surface area contributed by atoms with Gasteiger partial charge < -0.3 is 10.3 Å². The molecule has 0 saturated heterocycles. The van der Waals surface area contributed by atoms with E-state index in [1.165, 1.54) is 0 Å². The molecule has 0 fully saturated rings. The van der Waals surface area contributed by atoms with Gasteiger partial charge in [-0.15, -0.1) is 0 Å². The van der Waals surface area contributed by atoms with Gasteiger partial charge in [-0.05, 0) is 25.1 Å². The summed E-state index contributed by atoms with van der Waals surface area (Å²) in [6.07, 6.45) is 0. The largest absolute Gasteiger partial charge is 0.358 e. The molecule has 0 aliphatic heterocycles. The summed E-state index contributed by atoms with van der Waals surface area (Å²) < 4.78 is 13.3. The summed E-state index contributed by atoms with van der Waals surface area (Å²) in [5, 5.41) is 13.6. The Balaban J connectivity index is 1.91. The van der Waals surface area contributed by atoms with E-state index in [0.717, 1.165) is 18.2 Å². The summed E-state index contributed by atoms with van der Waals surface area (Å²) in [7, 11) is 0. The van der Waals surface area contributed by atoms with Gasteiger partial charge >= 0.3 is 5.69 Å². The number of aromatic amines is 1. The first kappa shape index (κ1) is 16.3. The van der Waals surface area contributed by atoms with Crippen LogP contribution in [0.15, 0.2) is 42.5 Å². The zero-order valence-electron chi connectivity index (χ0n) is 13.0. The minimum Gasteiger partial charge on any atom is -0.358 e. The van der Waals surface area contributed by atoms with Gasteiger partial charge in [0.25, 0.3) is 11.7 Å². The molecule has 0 unspecified atom stereocenters. The summed E-state index contributed by atoms with van der Waals surface area (Å²) >= 11 is 0. The van der Waals surface area contributed by atoms with Crippen molar-refractivity contribution >= 4 is 34.0 Å². The minimum absolute atomic E-state index is 0.0380. The van der Waals surface area contributed by atoms with Crippen molar-refractivity contribution in [1.29, 1.82) is 0 Å². The lowest BCUT2D eigenvalue weighted by molar-refractivity contribution is -0.387. The Bertz CT molecular complexity index is 1030. The van der Waals surface area contributed by atoms with Crippen molar-refractivity contribution in [2.24, 2.45) is 0 Å². The number of nitro groups is 1. The molecule has 3 aromatic rings. The summed E-state index contributed by atoms with van der Waals surface area (Å²) in [6, 6.07) is 9.90. The Hall–Kier alpha value is -3.55. The lowest BCUT2D eigenvalue weighted by atomic mass is 10.1. The van der Waals surface area contributed by atoms with Crippen LogP contribution < -0.4 is 5.32 Å². The molecule has 1 amide bonds. The topological polar surface area (TPSA) is 105 Å². The molecule has 1 heterocycles. The van der Waals surface area contributed by atoms with Gasteiger partial charge in [0.15, 0.2) is 0 Å². The smallest absolute Gasteiger partial charge is 0.306 e. The number of nitrogens with one attached hydrogen (secondary N) is 2. The standard InChI is InChI=1S/C17H12FN3O4/c1-9-15(11-4-2-3-5-13(11)19-9)16(22)17(23)20-10-6-7-12(18)14(8-10)21(24)25/h2-8,19H,1H3,(H,20,23). The second kappa shape index (κ2) is 6.16. The first-order valence-electron chi connectivity index (χ1n) is 7.25. The molecule has 0 aliphatic carbocycles. The summed E-state index contributed by atoms with van der Waals surface area (Å²) in [4.78, 5) is 37.6. The number of amides is 1. The number of benzene rings is 2. The van der Waals surface area contributed by atoms with E-state index < -0.39 is 28.1 Å². The molecule has 1 aromatic heterocycles. The molecule has 126 valence electrons. The van der Waals surface area contributed by atoms with E-state index >= 15 is 0 Å². The molecule has 8 heteroatoms. The van der Waals surface area contributed by atoms with Crippen LogP contribution in [0.3, 0.4) is 0 Å². The zero-order valence-corrected chi connectivity index (χ0v) is 13.0. The van der Waals surface area contributed by atoms with Gasteiger partial charge in [-0.1, -0.05) is 18.2 Å². The molecule has 0 aliphatic rings. The van der Waals surface area contributed by atoms with Crippen molar-refractivity contribution in [3.8, 4) is 0 Å². The van der Waals surface area contributed by atoms with Crippen molar-refractivity contribution in [3.05, 3.63) is 69.7 Å². The number of ketones is 1. The van der Waals surface area contributed by atoms with E-state index in [1.54, 1.807) is 31.2 Å². The number of hydrogen-bond donors (Lipinski definition) is 2. The predicted octanol–water partition coefficient (Wildman–Crippen LogP) is 3.35. The third-order valence-electron chi connectivity index (χ3n) is 3.73. The van der Waals surface area contributed by atoms with E-state index in [9.17, 15) is 24.1 Å². The molecular weight excluding hydrogens is 329 g/mol. The van der Waals surface area contributed by atoms with Crippen molar-refractivity contribution < 1.29 is 18.9 Å². The van der Waals surface area contributed by atoms with Crippen LogP contribution in [0, 0.1) is 22.9 Å². The number of aromatic nitrogens is 1. The van der Waals surface area contributed by atoms with Crippen LogP contribution >= 0.6 is 0 Å². The molecular formula is C17H12FN3O4. The van der Waals surface area contributed by atoms with Gasteiger partial charge in [0.05, 0.1) is 10.5 Å². The number of halogens is 1. The molecule has 2 aromatic carbocycles. The molecule has 0 saturated carbocycles. The van der Waals surface area contributed by atoms with Gasteiger partial charge in [-0.3, -0.25) is 19.7 Å². The number of carbonyl (C=O) groups is 2. The van der Waals surface area contributed by atoms with Gasteiger partial charge in [0.2, 0.25) is 5.82 Å². The number of hydrogen-bond acceptors (Lipinski definition) is 4. The fourth-order valence-electron chi connectivity index (χ4n) is 2.60. The lowest BCUT2D eigenvalue weighted by Gasteiger charge is -2.05. The minimum atomic E-state index is -1.03. The van der Waals surface area contributed by atoms with Gasteiger partial charge in [0.1, 0.15) is 0 Å². The van der Waals surface area contributed by atoms with E-state index in [-0.39, 0.29) is 11.3 Å². The van der Waals surface area contributed by atoms with Crippen LogP contribution in [0.4, 0.5) is 15.8 Å². The van der Waals surface area contributed by atoms with Crippen LogP contribution in [-0.2, 0) is 4.79 Å². The number of carbonyl (C=O) groups excluding carboxylic acids is 2. The molecule has 25 heavy (non-hydrogen) atoms. The molecule has 0 spiro atoms. The van der Waals surface area contributed by atoms with Gasteiger partial charge in [0, 0.05) is 28.4 Å². The lowest BCUT2D eigenvalue weighted by Crippen LogP contribution is -2.23. The van der Waals surface area contributed by atoms with Crippen LogP contribution in [0.25, 0.3) is 10.9 Å². The van der Waals surface area contributed by atoms with Crippen LogP contribution in [0.2, 0.25) is 0 Å². The molecule has 7 nitrogen and oxygen atoms in total. The number of para-hydroxylation sites is 1. The Morgan fingerprint density at radius 3 is 2.64 bits per heavy atom. The van der Waals surface area contributed by atoms with E-state index in [2.05, 4.69) is 10.3 Å². The monoisotopic (exact) mass is 341 g/mol. The summed E-state index contributed by atoms with van der Waals surface area (Å²) in [5.41, 5.74) is 0.655. The van der Waals surface area contributed by atoms with Crippen LogP contribution in [0.1, 0.15) is 16.1 Å². The number of aryl methyl sites for hydroxylation is 1. The molecule has 3 rings (SSSR count). The normalized spacial score (nSPS) is 10.6. The summed E-state index contributed by atoms with van der Waals surface area (Å²) in [6.45, 7) is 1.67. The average molecular weight is 341 g/mol. The third-order valence-corrected chi connectivity index (χ3v) is 3.73. The summed E-state index contributed by atoms with van der Waals surface area (Å²) in [5.74, 6) is -2.78. The van der Waals surface area contributed by atoms with Crippen molar-refractivity contribution in [2.45, 2.75) is 6.92 Å². The number of anilines is 1. The number of nitrogens with zero attached hydrogens (tertiary/aromatic N) is 1. The molecule has 2 N–H and O–H groups in total. The first-order chi connectivity index (χ1) is 11.9. The molecule has 0 radical (unpaired) electrons. The predicted molar refractivity (Wildman–Crippen MR) is 89.1 cm³/mol. The highest BCUT2D eigenvalue weighted by Crippen LogP contribution is 2.24. The molecule has 0 atom stereocenters. The van der Waals surface area contributed by atoms with Gasteiger partial charge in [-0.25, -0.2) is 0 Å². The van der Waals surface area contributed by atoms with Gasteiger partial charge in [-0.2, -0.15) is 4.39 Å². The Morgan fingerprint density at radius 2 is 1.92 bits per heavy atom. The van der Waals surface area contributed by atoms with Crippen LogP contribution in [-0.4, -0.2) is 21.6 Å². The maximum Gasteiger partial charge on any atom is 0.306 e. The highest BCUT2D eigenvalue weighted by molar-refractivity contribution is 6.48. The number of fused-ring (bicyclic) bond motifs is 1. The highest BCUT2D eigenvalue weighted by atomic mass is 19.1.